The lowest BCUT2D eigenvalue weighted by molar-refractivity contribution is -0.119. The zero-order chi connectivity index (χ0) is 16.8. The Labute approximate surface area is 143 Å². The Bertz CT molecular complexity index is 786. The van der Waals surface area contributed by atoms with Gasteiger partial charge in [-0.25, -0.2) is 4.68 Å². The molecule has 7 nitrogen and oxygen atoms in total. The fourth-order valence-electron chi connectivity index (χ4n) is 2.06. The largest absolute Gasteiger partial charge is 0.376 e. The van der Waals surface area contributed by atoms with E-state index in [2.05, 4.69) is 26.2 Å². The molecule has 3 aromatic rings. The number of nitrogens with one attached hydrogen (secondary N) is 2. The van der Waals surface area contributed by atoms with Crippen LogP contribution in [0.5, 0.6) is 0 Å². The fraction of sp³-hybridized carbons (Fsp3) is 0.125. The minimum absolute atomic E-state index is 0.0884. The molecule has 0 unspecified atom stereocenters. The van der Waals surface area contributed by atoms with Crippen molar-refractivity contribution in [3.63, 3.8) is 0 Å². The quantitative estimate of drug-likeness (QED) is 0.716. The van der Waals surface area contributed by atoms with Gasteiger partial charge in [-0.2, -0.15) is 0 Å². The van der Waals surface area contributed by atoms with Gasteiger partial charge in [0, 0.05) is 17.3 Å². The van der Waals surface area contributed by atoms with Gasteiger partial charge in [-0.15, -0.1) is 5.10 Å². The predicted molar refractivity (Wildman–Crippen MR) is 90.9 cm³/mol. The fourth-order valence-corrected chi connectivity index (χ4v) is 2.19. The highest BCUT2D eigenvalue weighted by Crippen LogP contribution is 2.12. The Balaban J connectivity index is 1.46. The molecule has 2 aromatic carbocycles. The molecule has 1 heterocycles. The van der Waals surface area contributed by atoms with E-state index in [1.165, 1.54) is 6.33 Å². The summed E-state index contributed by atoms with van der Waals surface area (Å²) in [6.07, 6.45) is 1.52. The molecule has 0 radical (unpaired) electrons. The SMILES string of the molecule is O=C(CNc1ccc(-n2cnnn2)cc1)NCc1ccc(Cl)cc1. The van der Waals surface area contributed by atoms with Gasteiger partial charge in [0.1, 0.15) is 6.33 Å². The Morgan fingerprint density at radius 1 is 1.08 bits per heavy atom. The Morgan fingerprint density at radius 2 is 1.83 bits per heavy atom. The second-order valence-electron chi connectivity index (χ2n) is 5.06. The van der Waals surface area contributed by atoms with Crippen molar-refractivity contribution in [2.75, 3.05) is 11.9 Å². The van der Waals surface area contributed by atoms with E-state index in [0.29, 0.717) is 11.6 Å². The molecule has 1 aromatic heterocycles. The maximum atomic E-state index is 11.9. The number of hydrogen-bond donors (Lipinski definition) is 2. The minimum atomic E-state index is -0.0884. The van der Waals surface area contributed by atoms with Crippen LogP contribution < -0.4 is 10.6 Å². The van der Waals surface area contributed by atoms with Crippen molar-refractivity contribution in [1.82, 2.24) is 25.5 Å². The third kappa shape index (κ3) is 4.30. The standard InChI is InChI=1S/C16H15ClN6O/c17-13-3-1-12(2-4-13)9-19-16(24)10-18-14-5-7-15(8-6-14)23-11-20-21-22-23/h1-8,11,18H,9-10H2,(H,19,24). The second kappa shape index (κ2) is 7.56. The van der Waals surface area contributed by atoms with Crippen LogP contribution in [0.2, 0.25) is 5.02 Å². The molecular formula is C16H15ClN6O. The van der Waals surface area contributed by atoms with Crippen LogP contribution >= 0.6 is 11.6 Å². The number of benzene rings is 2. The molecule has 2 N–H and O–H groups in total. The highest BCUT2D eigenvalue weighted by atomic mass is 35.5. The Hall–Kier alpha value is -2.93. The lowest BCUT2D eigenvalue weighted by Gasteiger charge is -2.08. The first-order valence-electron chi connectivity index (χ1n) is 7.29. The van der Waals surface area contributed by atoms with E-state index >= 15 is 0 Å². The van der Waals surface area contributed by atoms with Gasteiger partial charge in [0.05, 0.1) is 12.2 Å². The Morgan fingerprint density at radius 3 is 2.50 bits per heavy atom. The summed E-state index contributed by atoms with van der Waals surface area (Å²) < 4.78 is 1.56. The van der Waals surface area contributed by atoms with Crippen molar-refractivity contribution in [2.45, 2.75) is 6.54 Å². The second-order valence-corrected chi connectivity index (χ2v) is 5.49. The molecule has 0 saturated heterocycles. The van der Waals surface area contributed by atoms with Gasteiger partial charge < -0.3 is 10.6 Å². The van der Waals surface area contributed by atoms with E-state index in [1.54, 1.807) is 16.8 Å². The molecule has 1 amide bonds. The smallest absolute Gasteiger partial charge is 0.239 e. The molecule has 8 heteroatoms. The summed E-state index contributed by atoms with van der Waals surface area (Å²) in [5.74, 6) is -0.0884. The zero-order valence-corrected chi connectivity index (χ0v) is 13.4. The van der Waals surface area contributed by atoms with Crippen LogP contribution in [0.1, 0.15) is 5.56 Å². The molecule has 0 aliphatic rings. The van der Waals surface area contributed by atoms with Crippen molar-refractivity contribution in [3.8, 4) is 5.69 Å². The summed E-state index contributed by atoms with van der Waals surface area (Å²) in [5.41, 5.74) is 2.68. The number of rotatable bonds is 6. The summed E-state index contributed by atoms with van der Waals surface area (Å²) in [6.45, 7) is 0.660. The van der Waals surface area contributed by atoms with Crippen LogP contribution in [0.15, 0.2) is 54.9 Å². The first kappa shape index (κ1) is 15.9. The monoisotopic (exact) mass is 342 g/mol. The van der Waals surface area contributed by atoms with Gasteiger partial charge in [-0.05, 0) is 52.4 Å². The third-order valence-electron chi connectivity index (χ3n) is 3.34. The highest BCUT2D eigenvalue weighted by molar-refractivity contribution is 6.30. The predicted octanol–water partition coefficient (Wildman–Crippen LogP) is 2.04. The first-order valence-corrected chi connectivity index (χ1v) is 7.67. The van der Waals surface area contributed by atoms with E-state index in [-0.39, 0.29) is 12.5 Å². The van der Waals surface area contributed by atoms with Crippen molar-refractivity contribution in [2.24, 2.45) is 0 Å². The van der Waals surface area contributed by atoms with Crippen LogP contribution in [0.4, 0.5) is 5.69 Å². The summed E-state index contributed by atoms with van der Waals surface area (Å²) in [5, 5.41) is 17.6. The molecule has 122 valence electrons. The number of carbonyl (C=O) groups excluding carboxylic acids is 1. The van der Waals surface area contributed by atoms with E-state index < -0.39 is 0 Å². The van der Waals surface area contributed by atoms with Gasteiger partial charge in [-0.1, -0.05) is 23.7 Å². The van der Waals surface area contributed by atoms with Crippen molar-refractivity contribution in [3.05, 3.63) is 65.4 Å². The van der Waals surface area contributed by atoms with Gasteiger partial charge in [-0.3, -0.25) is 4.79 Å². The van der Waals surface area contributed by atoms with Gasteiger partial charge in [0.25, 0.3) is 0 Å². The molecule has 0 saturated carbocycles. The minimum Gasteiger partial charge on any atom is -0.376 e. The van der Waals surface area contributed by atoms with Gasteiger partial charge in [0.15, 0.2) is 0 Å². The average molecular weight is 343 g/mol. The number of anilines is 1. The number of nitrogens with zero attached hydrogens (tertiary/aromatic N) is 4. The lowest BCUT2D eigenvalue weighted by atomic mass is 10.2. The molecule has 0 fully saturated rings. The number of hydrogen-bond acceptors (Lipinski definition) is 5. The number of tetrazole rings is 1. The molecule has 0 spiro atoms. The van der Waals surface area contributed by atoms with Crippen molar-refractivity contribution in [1.29, 1.82) is 0 Å². The number of carbonyl (C=O) groups is 1. The van der Waals surface area contributed by atoms with Crippen LogP contribution in [0.3, 0.4) is 0 Å². The number of halogens is 1. The average Bonchev–Trinajstić information content (AvgIpc) is 3.14. The van der Waals surface area contributed by atoms with Crippen LogP contribution in [0, 0.1) is 0 Å². The molecule has 24 heavy (non-hydrogen) atoms. The normalized spacial score (nSPS) is 10.4. The Kier molecular flexibility index (Phi) is 5.02. The van der Waals surface area contributed by atoms with E-state index in [0.717, 1.165) is 16.9 Å². The van der Waals surface area contributed by atoms with Crippen LogP contribution in [-0.2, 0) is 11.3 Å². The van der Waals surface area contributed by atoms with Crippen molar-refractivity contribution < 1.29 is 4.79 Å². The van der Waals surface area contributed by atoms with Gasteiger partial charge in [0.2, 0.25) is 5.91 Å². The van der Waals surface area contributed by atoms with E-state index in [1.807, 2.05) is 36.4 Å². The highest BCUT2D eigenvalue weighted by Gasteiger charge is 2.03. The molecule has 0 bridgehead atoms. The maximum absolute atomic E-state index is 11.9. The van der Waals surface area contributed by atoms with Crippen LogP contribution in [0.25, 0.3) is 5.69 Å². The lowest BCUT2D eigenvalue weighted by Crippen LogP contribution is -2.29. The summed E-state index contributed by atoms with van der Waals surface area (Å²) >= 11 is 5.83. The molecule has 3 rings (SSSR count). The summed E-state index contributed by atoms with van der Waals surface area (Å²) in [7, 11) is 0. The zero-order valence-electron chi connectivity index (χ0n) is 12.7. The molecular weight excluding hydrogens is 328 g/mol. The molecule has 0 atom stereocenters. The third-order valence-corrected chi connectivity index (χ3v) is 3.59. The summed E-state index contributed by atoms with van der Waals surface area (Å²) in [4.78, 5) is 11.9. The van der Waals surface area contributed by atoms with Gasteiger partial charge >= 0.3 is 0 Å². The molecule has 0 aliphatic carbocycles. The topological polar surface area (TPSA) is 84.7 Å². The number of amides is 1. The maximum Gasteiger partial charge on any atom is 0.239 e. The van der Waals surface area contributed by atoms with Crippen LogP contribution in [-0.4, -0.2) is 32.7 Å². The first-order chi connectivity index (χ1) is 11.7. The summed E-state index contributed by atoms with van der Waals surface area (Å²) in [6, 6.07) is 14.8. The van der Waals surface area contributed by atoms with Crippen molar-refractivity contribution >= 4 is 23.2 Å². The van der Waals surface area contributed by atoms with E-state index in [4.69, 9.17) is 11.6 Å². The molecule has 0 aliphatic heterocycles. The number of aromatic nitrogens is 4. The van der Waals surface area contributed by atoms with E-state index in [9.17, 15) is 4.79 Å².